The van der Waals surface area contributed by atoms with Crippen LogP contribution in [0.5, 0.6) is 11.5 Å². The van der Waals surface area contributed by atoms with Gasteiger partial charge >= 0.3 is 0 Å². The van der Waals surface area contributed by atoms with Gasteiger partial charge in [-0.3, -0.25) is 4.99 Å². The van der Waals surface area contributed by atoms with E-state index in [4.69, 9.17) is 4.74 Å². The molecule has 2 rings (SSSR count). The third-order valence-electron chi connectivity index (χ3n) is 2.68. The molecule has 0 saturated carbocycles. The number of hydrogen-bond donors (Lipinski definition) is 1. The van der Waals surface area contributed by atoms with Gasteiger partial charge in [-0.05, 0) is 24.3 Å². The number of rotatable bonds is 4. The first-order valence-electron chi connectivity index (χ1n) is 5.81. The summed E-state index contributed by atoms with van der Waals surface area (Å²) in [5, 5.41) is 9.66. The summed E-state index contributed by atoms with van der Waals surface area (Å²) in [5.74, 6) is 0.456. The van der Waals surface area contributed by atoms with Gasteiger partial charge in [-0.15, -0.1) is 0 Å². The molecular weight excluding hydrogens is 245 g/mol. The Hall–Kier alpha value is -2.36. The zero-order chi connectivity index (χ0) is 13.7. The van der Waals surface area contributed by atoms with E-state index in [2.05, 4.69) is 4.99 Å². The molecule has 0 fully saturated rings. The highest BCUT2D eigenvalue weighted by Crippen LogP contribution is 2.21. The van der Waals surface area contributed by atoms with Crippen LogP contribution < -0.4 is 4.74 Å². The van der Waals surface area contributed by atoms with Crippen LogP contribution in [0.2, 0.25) is 0 Å². The van der Waals surface area contributed by atoms with Gasteiger partial charge in [0.2, 0.25) is 0 Å². The third-order valence-corrected chi connectivity index (χ3v) is 2.68. The highest BCUT2D eigenvalue weighted by molar-refractivity contribution is 5.84. The first kappa shape index (κ1) is 13.1. The number of hydrogen-bond acceptors (Lipinski definition) is 3. The van der Waals surface area contributed by atoms with Gasteiger partial charge in [0.15, 0.2) is 0 Å². The van der Waals surface area contributed by atoms with Crippen LogP contribution in [-0.4, -0.2) is 18.4 Å². The Bertz CT molecular complexity index is 596. The zero-order valence-corrected chi connectivity index (χ0v) is 10.5. The first-order valence-corrected chi connectivity index (χ1v) is 5.81. The molecule has 4 heteroatoms. The molecule has 0 saturated heterocycles. The molecule has 2 aromatic carbocycles. The number of benzene rings is 2. The molecule has 2 aromatic rings. The van der Waals surface area contributed by atoms with Crippen LogP contribution in [0.25, 0.3) is 0 Å². The lowest BCUT2D eigenvalue weighted by atomic mass is 10.2. The summed E-state index contributed by atoms with van der Waals surface area (Å²) in [6.07, 6.45) is 1.50. The molecule has 0 amide bonds. The molecular formula is C15H14FNO2. The van der Waals surface area contributed by atoms with Crippen molar-refractivity contribution in [2.24, 2.45) is 4.99 Å². The van der Waals surface area contributed by atoms with Crippen LogP contribution in [0, 0.1) is 5.82 Å². The van der Waals surface area contributed by atoms with Crippen molar-refractivity contribution in [3.63, 3.8) is 0 Å². The maximum absolute atomic E-state index is 13.4. The Labute approximate surface area is 111 Å². The normalized spacial score (nSPS) is 10.8. The molecule has 0 aliphatic carbocycles. The van der Waals surface area contributed by atoms with Gasteiger partial charge in [0.05, 0.1) is 13.7 Å². The first-order chi connectivity index (χ1) is 9.20. The van der Waals surface area contributed by atoms with Crippen molar-refractivity contribution in [3.8, 4) is 11.5 Å². The van der Waals surface area contributed by atoms with Gasteiger partial charge in [0, 0.05) is 17.3 Å². The summed E-state index contributed by atoms with van der Waals surface area (Å²) in [7, 11) is 1.55. The van der Waals surface area contributed by atoms with E-state index in [0.29, 0.717) is 16.9 Å². The number of phenols is 1. The lowest BCUT2D eigenvalue weighted by Gasteiger charge is -2.03. The Morgan fingerprint density at radius 3 is 2.79 bits per heavy atom. The number of nitrogens with zero attached hydrogens (tertiary/aromatic N) is 1. The predicted octanol–water partition coefficient (Wildman–Crippen LogP) is 3.16. The fourth-order valence-electron chi connectivity index (χ4n) is 1.63. The molecule has 19 heavy (non-hydrogen) atoms. The lowest BCUT2D eigenvalue weighted by Crippen LogP contribution is -1.90. The fourth-order valence-corrected chi connectivity index (χ4v) is 1.63. The molecule has 0 radical (unpaired) electrons. The summed E-state index contributed by atoms with van der Waals surface area (Å²) in [4.78, 5) is 4.13. The van der Waals surface area contributed by atoms with E-state index in [-0.39, 0.29) is 18.1 Å². The van der Waals surface area contributed by atoms with E-state index < -0.39 is 0 Å². The third kappa shape index (κ3) is 3.31. The van der Waals surface area contributed by atoms with Crippen molar-refractivity contribution >= 4 is 6.21 Å². The number of ether oxygens (including phenoxy) is 1. The second-order valence-corrected chi connectivity index (χ2v) is 3.99. The van der Waals surface area contributed by atoms with Crippen molar-refractivity contribution in [3.05, 3.63) is 59.4 Å². The summed E-state index contributed by atoms with van der Waals surface area (Å²) in [5.41, 5.74) is 1.05. The standard InChI is InChI=1S/C15H14FNO2/c1-19-13-6-7-15(18)12(8-13)10-17-9-11-4-2-3-5-14(11)16/h2-8,10,18H,9H2,1H3. The summed E-state index contributed by atoms with van der Waals surface area (Å²) >= 11 is 0. The van der Waals surface area contributed by atoms with Crippen molar-refractivity contribution in [1.29, 1.82) is 0 Å². The van der Waals surface area contributed by atoms with Gasteiger partial charge < -0.3 is 9.84 Å². The van der Waals surface area contributed by atoms with Gasteiger partial charge in [-0.25, -0.2) is 4.39 Å². The quantitative estimate of drug-likeness (QED) is 0.857. The fraction of sp³-hybridized carbons (Fsp3) is 0.133. The van der Waals surface area contributed by atoms with Crippen molar-refractivity contribution < 1.29 is 14.2 Å². The summed E-state index contributed by atoms with van der Waals surface area (Å²) < 4.78 is 18.4. The Kier molecular flexibility index (Phi) is 4.13. The zero-order valence-electron chi connectivity index (χ0n) is 10.5. The largest absolute Gasteiger partial charge is 0.507 e. The lowest BCUT2D eigenvalue weighted by molar-refractivity contribution is 0.412. The Morgan fingerprint density at radius 1 is 1.26 bits per heavy atom. The minimum absolute atomic E-state index is 0.109. The molecule has 0 atom stereocenters. The maximum Gasteiger partial charge on any atom is 0.128 e. The van der Waals surface area contributed by atoms with Crippen molar-refractivity contribution in [2.45, 2.75) is 6.54 Å². The number of methoxy groups -OCH3 is 1. The number of phenolic OH excluding ortho intramolecular Hbond substituents is 1. The number of halogens is 1. The topological polar surface area (TPSA) is 41.8 Å². The Balaban J connectivity index is 2.13. The molecule has 0 aliphatic rings. The maximum atomic E-state index is 13.4. The van der Waals surface area contributed by atoms with E-state index in [0.717, 1.165) is 0 Å². The van der Waals surface area contributed by atoms with Crippen molar-refractivity contribution in [2.75, 3.05) is 7.11 Å². The molecule has 1 N–H and O–H groups in total. The minimum Gasteiger partial charge on any atom is -0.507 e. The number of aliphatic imine (C=N–C) groups is 1. The van der Waals surface area contributed by atoms with E-state index in [1.54, 1.807) is 37.4 Å². The predicted molar refractivity (Wildman–Crippen MR) is 72.4 cm³/mol. The Morgan fingerprint density at radius 2 is 2.05 bits per heavy atom. The molecule has 0 aromatic heterocycles. The van der Waals surface area contributed by atoms with Gasteiger partial charge in [0.1, 0.15) is 17.3 Å². The van der Waals surface area contributed by atoms with Crippen molar-refractivity contribution in [1.82, 2.24) is 0 Å². The van der Waals surface area contributed by atoms with Gasteiger partial charge in [-0.1, -0.05) is 18.2 Å². The average molecular weight is 259 g/mol. The average Bonchev–Trinajstić information content (AvgIpc) is 2.43. The highest BCUT2D eigenvalue weighted by atomic mass is 19.1. The second kappa shape index (κ2) is 6.00. The summed E-state index contributed by atoms with van der Waals surface area (Å²) in [6.45, 7) is 0.226. The molecule has 3 nitrogen and oxygen atoms in total. The monoisotopic (exact) mass is 259 g/mol. The summed E-state index contributed by atoms with van der Waals surface area (Å²) in [6, 6.07) is 11.3. The van der Waals surface area contributed by atoms with Crippen LogP contribution in [-0.2, 0) is 6.54 Å². The molecule has 98 valence electrons. The molecule has 0 heterocycles. The van der Waals surface area contributed by atoms with E-state index >= 15 is 0 Å². The molecule has 0 aliphatic heterocycles. The van der Waals surface area contributed by atoms with Gasteiger partial charge in [0.25, 0.3) is 0 Å². The van der Waals surface area contributed by atoms with E-state index in [1.807, 2.05) is 0 Å². The van der Waals surface area contributed by atoms with Gasteiger partial charge in [-0.2, -0.15) is 0 Å². The van der Waals surface area contributed by atoms with E-state index in [1.165, 1.54) is 18.3 Å². The molecule has 0 bridgehead atoms. The SMILES string of the molecule is COc1ccc(O)c(C=NCc2ccccc2F)c1. The minimum atomic E-state index is -0.283. The smallest absolute Gasteiger partial charge is 0.128 e. The van der Waals surface area contributed by atoms with Crippen LogP contribution in [0.3, 0.4) is 0 Å². The molecule has 0 unspecified atom stereocenters. The highest BCUT2D eigenvalue weighted by Gasteiger charge is 2.01. The molecule has 0 spiro atoms. The van der Waals surface area contributed by atoms with Crippen LogP contribution in [0.4, 0.5) is 4.39 Å². The van der Waals surface area contributed by atoms with E-state index in [9.17, 15) is 9.50 Å². The number of aromatic hydroxyl groups is 1. The van der Waals surface area contributed by atoms with Crippen LogP contribution in [0.1, 0.15) is 11.1 Å². The van der Waals surface area contributed by atoms with Crippen LogP contribution >= 0.6 is 0 Å². The van der Waals surface area contributed by atoms with Crippen LogP contribution in [0.15, 0.2) is 47.5 Å². The second-order valence-electron chi connectivity index (χ2n) is 3.99.